The average molecular weight is 320 g/mol. The van der Waals surface area contributed by atoms with Gasteiger partial charge in [-0.3, -0.25) is 4.48 Å². The maximum absolute atomic E-state index is 2.34. The highest BCUT2D eigenvalue weighted by Gasteiger charge is 2.20. The maximum Gasteiger partial charge on any atom is 0.140 e. The highest BCUT2D eigenvalue weighted by molar-refractivity contribution is 5.93. The number of halogens is 1. The molecule has 0 amide bonds. The van der Waals surface area contributed by atoms with Crippen LogP contribution < -0.4 is 16.9 Å². The van der Waals surface area contributed by atoms with Gasteiger partial charge < -0.3 is 12.4 Å². The first-order chi connectivity index (χ1) is 10.1. The molecule has 0 N–H and O–H groups in total. The van der Waals surface area contributed by atoms with Crippen LogP contribution in [-0.2, 0) is 0 Å². The monoisotopic (exact) mass is 319 g/mol. The molecule has 122 valence electrons. The number of hydrogen-bond acceptors (Lipinski definition) is 0. The lowest BCUT2D eigenvalue weighted by molar-refractivity contribution is -0.00000455. The molecule has 1 nitrogen and oxygen atoms in total. The summed E-state index contributed by atoms with van der Waals surface area (Å²) in [5.41, 5.74) is 1.45. The molecule has 0 saturated heterocycles. The van der Waals surface area contributed by atoms with Crippen LogP contribution in [-0.4, -0.2) is 20.6 Å². The van der Waals surface area contributed by atoms with E-state index in [0.717, 1.165) is 4.48 Å². The summed E-state index contributed by atoms with van der Waals surface area (Å²) >= 11 is 0. The van der Waals surface area contributed by atoms with Gasteiger partial charge in [0, 0.05) is 5.39 Å². The van der Waals surface area contributed by atoms with Crippen molar-refractivity contribution in [3.8, 4) is 0 Å². The molecule has 0 aliphatic carbocycles. The zero-order valence-corrected chi connectivity index (χ0v) is 15.1. The lowest BCUT2D eigenvalue weighted by Gasteiger charge is -2.30. The van der Waals surface area contributed by atoms with Crippen LogP contribution in [0.2, 0.25) is 0 Å². The van der Waals surface area contributed by atoms with E-state index in [1.807, 2.05) is 0 Å². The van der Waals surface area contributed by atoms with E-state index < -0.39 is 0 Å². The van der Waals surface area contributed by atoms with Gasteiger partial charge in [-0.1, -0.05) is 62.9 Å². The predicted molar refractivity (Wildman–Crippen MR) is 95.8 cm³/mol. The Hall–Kier alpha value is -1.05. The minimum Gasteiger partial charge on any atom is -1.00 e. The van der Waals surface area contributed by atoms with E-state index in [1.54, 1.807) is 0 Å². The Kier molecular flexibility index (Phi) is 7.92. The van der Waals surface area contributed by atoms with Crippen molar-refractivity contribution in [3.05, 3.63) is 42.5 Å². The Morgan fingerprint density at radius 2 is 1.41 bits per heavy atom. The van der Waals surface area contributed by atoms with Crippen LogP contribution in [0.15, 0.2) is 42.5 Å². The number of fused-ring (bicyclic) bond motifs is 1. The molecule has 0 radical (unpaired) electrons. The van der Waals surface area contributed by atoms with Crippen LogP contribution >= 0.6 is 0 Å². The molecule has 0 atom stereocenters. The van der Waals surface area contributed by atoms with Crippen molar-refractivity contribution in [3.63, 3.8) is 0 Å². The minimum absolute atomic E-state index is 0. The number of quaternary nitrogens is 1. The third kappa shape index (κ3) is 5.00. The number of benzene rings is 2. The quantitative estimate of drug-likeness (QED) is 0.518. The van der Waals surface area contributed by atoms with Crippen molar-refractivity contribution >= 4 is 16.5 Å². The Bertz CT molecular complexity index is 557. The molecular weight excluding hydrogens is 290 g/mol. The first kappa shape index (κ1) is 19.0. The Labute approximate surface area is 142 Å². The third-order valence-electron chi connectivity index (χ3n) is 4.49. The van der Waals surface area contributed by atoms with Crippen LogP contribution in [0, 0.1) is 0 Å². The molecule has 0 saturated carbocycles. The third-order valence-corrected chi connectivity index (χ3v) is 4.49. The van der Waals surface area contributed by atoms with Crippen LogP contribution in [0.5, 0.6) is 0 Å². The summed E-state index contributed by atoms with van der Waals surface area (Å²) in [6.07, 6.45) is 8.20. The zero-order valence-electron chi connectivity index (χ0n) is 14.3. The lowest BCUT2D eigenvalue weighted by Crippen LogP contribution is -3.00. The molecule has 2 aromatic carbocycles. The summed E-state index contributed by atoms with van der Waals surface area (Å²) in [5, 5.41) is 2.75. The molecule has 0 bridgehead atoms. The Morgan fingerprint density at radius 3 is 2.18 bits per heavy atom. The van der Waals surface area contributed by atoms with E-state index in [2.05, 4.69) is 63.5 Å². The van der Waals surface area contributed by atoms with Gasteiger partial charge in [0.2, 0.25) is 0 Å². The predicted octanol–water partition coefficient (Wildman–Crippen LogP) is 2.77. The first-order valence-corrected chi connectivity index (χ1v) is 8.46. The van der Waals surface area contributed by atoms with Gasteiger partial charge in [0.25, 0.3) is 0 Å². The van der Waals surface area contributed by atoms with Crippen molar-refractivity contribution in [2.75, 3.05) is 20.6 Å². The summed E-state index contributed by atoms with van der Waals surface area (Å²) in [6.45, 7) is 3.50. The maximum atomic E-state index is 2.34. The molecule has 2 rings (SSSR count). The summed E-state index contributed by atoms with van der Waals surface area (Å²) in [5.74, 6) is 0. The fourth-order valence-electron chi connectivity index (χ4n) is 3.14. The number of rotatable bonds is 8. The summed E-state index contributed by atoms with van der Waals surface area (Å²) < 4.78 is 0.981. The van der Waals surface area contributed by atoms with Gasteiger partial charge in [-0.25, -0.2) is 0 Å². The minimum atomic E-state index is 0. The fourth-order valence-corrected chi connectivity index (χ4v) is 3.14. The molecule has 0 spiro atoms. The zero-order chi connectivity index (χ0) is 15.1. The number of hydrogen-bond donors (Lipinski definition) is 0. The van der Waals surface area contributed by atoms with Crippen molar-refractivity contribution in [1.82, 2.24) is 4.48 Å². The topological polar surface area (TPSA) is 0 Å². The van der Waals surface area contributed by atoms with Gasteiger partial charge in [0.05, 0.1) is 20.6 Å². The van der Waals surface area contributed by atoms with Crippen LogP contribution in [0.1, 0.15) is 45.4 Å². The van der Waals surface area contributed by atoms with E-state index in [9.17, 15) is 0 Å². The summed E-state index contributed by atoms with van der Waals surface area (Å²) in [4.78, 5) is 0. The molecule has 0 heterocycles. The summed E-state index contributed by atoms with van der Waals surface area (Å²) in [7, 11) is 4.68. The second-order valence-corrected chi connectivity index (χ2v) is 6.67. The van der Waals surface area contributed by atoms with Crippen LogP contribution in [0.25, 0.3) is 10.8 Å². The van der Waals surface area contributed by atoms with Crippen LogP contribution in [0.3, 0.4) is 0 Å². The normalized spacial score (nSPS) is 11.4. The standard InChI is InChI=1S/C20H30N.ClH/c1-4-5-6-7-8-11-17-21(2,3)20-16-12-14-18-13-9-10-15-19(18)20;/h9-10,12-16H,4-8,11,17H2,1-3H3;1H/q+1;/p-1. The molecule has 2 aromatic rings. The molecule has 0 aliphatic heterocycles. The SMILES string of the molecule is CCCCCCCC[N+](C)(C)c1cccc2ccccc12.[Cl-]. The highest BCUT2D eigenvalue weighted by atomic mass is 35.5. The van der Waals surface area contributed by atoms with Gasteiger partial charge >= 0.3 is 0 Å². The van der Waals surface area contributed by atoms with E-state index in [1.165, 1.54) is 61.5 Å². The van der Waals surface area contributed by atoms with Crippen molar-refractivity contribution in [1.29, 1.82) is 0 Å². The van der Waals surface area contributed by atoms with Gasteiger partial charge in [-0.15, -0.1) is 0 Å². The number of nitrogens with zero attached hydrogens (tertiary/aromatic N) is 1. The molecule has 0 unspecified atom stereocenters. The Morgan fingerprint density at radius 1 is 0.773 bits per heavy atom. The van der Waals surface area contributed by atoms with Gasteiger partial charge in [-0.05, 0) is 30.4 Å². The number of unbranched alkanes of at least 4 members (excludes halogenated alkanes) is 5. The van der Waals surface area contributed by atoms with Crippen molar-refractivity contribution in [2.45, 2.75) is 45.4 Å². The molecule has 2 heteroatoms. The summed E-state index contributed by atoms with van der Waals surface area (Å²) in [6, 6.07) is 15.4. The second kappa shape index (κ2) is 9.17. The van der Waals surface area contributed by atoms with Gasteiger partial charge in [0.15, 0.2) is 0 Å². The van der Waals surface area contributed by atoms with E-state index in [-0.39, 0.29) is 12.4 Å². The molecule has 22 heavy (non-hydrogen) atoms. The highest BCUT2D eigenvalue weighted by Crippen LogP contribution is 2.29. The Balaban J connectivity index is 0.00000242. The largest absolute Gasteiger partial charge is 1.00 e. The first-order valence-electron chi connectivity index (χ1n) is 8.46. The smallest absolute Gasteiger partial charge is 0.140 e. The van der Waals surface area contributed by atoms with E-state index >= 15 is 0 Å². The van der Waals surface area contributed by atoms with Crippen LogP contribution in [0.4, 0.5) is 5.69 Å². The van der Waals surface area contributed by atoms with E-state index in [0.29, 0.717) is 0 Å². The van der Waals surface area contributed by atoms with Gasteiger partial charge in [0.1, 0.15) is 5.69 Å². The van der Waals surface area contributed by atoms with Crippen molar-refractivity contribution < 1.29 is 12.4 Å². The molecular formula is C20H30ClN. The molecule has 0 aromatic heterocycles. The van der Waals surface area contributed by atoms with E-state index in [4.69, 9.17) is 0 Å². The lowest BCUT2D eigenvalue weighted by atomic mass is 10.1. The second-order valence-electron chi connectivity index (χ2n) is 6.67. The molecule has 0 aliphatic rings. The fraction of sp³-hybridized carbons (Fsp3) is 0.500. The van der Waals surface area contributed by atoms with Crippen molar-refractivity contribution in [2.24, 2.45) is 0 Å². The molecule has 0 fully saturated rings. The van der Waals surface area contributed by atoms with Gasteiger partial charge in [-0.2, -0.15) is 0 Å². The average Bonchev–Trinajstić information content (AvgIpc) is 2.50.